The lowest BCUT2D eigenvalue weighted by Gasteiger charge is -2.28. The minimum Gasteiger partial charge on any atom is -0.480 e. The van der Waals surface area contributed by atoms with E-state index in [2.05, 4.69) is 5.32 Å². The van der Waals surface area contributed by atoms with Gasteiger partial charge in [-0.25, -0.2) is 14.0 Å². The first kappa shape index (κ1) is 18.7. The normalized spacial score (nSPS) is 13.8. The van der Waals surface area contributed by atoms with Crippen LogP contribution >= 0.6 is 0 Å². The number of carbonyl (C=O) groups is 2. The molecule has 7 heteroatoms. The molecule has 0 radical (unpaired) electrons. The van der Waals surface area contributed by atoms with E-state index in [4.69, 9.17) is 9.47 Å². The van der Waals surface area contributed by atoms with Gasteiger partial charge in [0, 0.05) is 6.42 Å². The van der Waals surface area contributed by atoms with E-state index in [1.807, 2.05) is 0 Å². The molecule has 1 amide bonds. The topological polar surface area (TPSA) is 84.9 Å². The number of alkyl halides is 1. The first-order valence-corrected chi connectivity index (χ1v) is 7.08. The van der Waals surface area contributed by atoms with Crippen LogP contribution in [0.1, 0.15) is 33.3 Å². The Morgan fingerprint density at radius 2 is 1.91 bits per heavy atom. The number of carboxylic acid groups (broad SMARTS) is 1. The van der Waals surface area contributed by atoms with Gasteiger partial charge in [0.2, 0.25) is 6.86 Å². The van der Waals surface area contributed by atoms with Crippen LogP contribution in [-0.2, 0) is 16.0 Å². The molecule has 0 bridgehead atoms. The van der Waals surface area contributed by atoms with Crippen LogP contribution in [0.5, 0.6) is 5.75 Å². The molecule has 0 heterocycles. The Morgan fingerprint density at radius 1 is 1.26 bits per heavy atom. The van der Waals surface area contributed by atoms with Crippen molar-refractivity contribution in [2.75, 3.05) is 6.86 Å². The van der Waals surface area contributed by atoms with Crippen molar-refractivity contribution < 1.29 is 28.6 Å². The molecular formula is C16H22FNO5. The number of rotatable bonds is 6. The minimum atomic E-state index is -1.57. The zero-order valence-corrected chi connectivity index (χ0v) is 13.7. The number of benzene rings is 1. The fraction of sp³-hybridized carbons (Fsp3) is 0.500. The first-order chi connectivity index (χ1) is 10.6. The highest BCUT2D eigenvalue weighted by Gasteiger charge is 2.36. The van der Waals surface area contributed by atoms with Crippen LogP contribution in [0.2, 0.25) is 0 Å². The second-order valence-electron chi connectivity index (χ2n) is 6.34. The number of ether oxygens (including phenoxy) is 2. The van der Waals surface area contributed by atoms with Gasteiger partial charge >= 0.3 is 12.1 Å². The van der Waals surface area contributed by atoms with E-state index in [9.17, 15) is 19.1 Å². The van der Waals surface area contributed by atoms with Crippen LogP contribution in [0.3, 0.4) is 0 Å². The predicted octanol–water partition coefficient (Wildman–Crippen LogP) is 2.90. The molecule has 1 atom stereocenters. The highest BCUT2D eigenvalue weighted by molar-refractivity contribution is 5.84. The van der Waals surface area contributed by atoms with Crippen molar-refractivity contribution in [2.24, 2.45) is 0 Å². The number of nitrogens with one attached hydrogen (secondary N) is 1. The molecule has 0 aliphatic heterocycles. The number of alkyl carbamates (subject to hydrolysis) is 1. The Bertz CT molecular complexity index is 570. The smallest absolute Gasteiger partial charge is 0.408 e. The van der Waals surface area contributed by atoms with Crippen molar-refractivity contribution in [3.63, 3.8) is 0 Å². The second-order valence-corrected chi connectivity index (χ2v) is 6.34. The second kappa shape index (κ2) is 7.30. The van der Waals surface area contributed by atoms with Crippen molar-refractivity contribution in [1.29, 1.82) is 0 Å². The van der Waals surface area contributed by atoms with Gasteiger partial charge in [-0.3, -0.25) is 0 Å². The molecule has 0 aliphatic carbocycles. The summed E-state index contributed by atoms with van der Waals surface area (Å²) in [7, 11) is 0. The monoisotopic (exact) mass is 327 g/mol. The molecule has 0 saturated carbocycles. The van der Waals surface area contributed by atoms with Crippen LogP contribution in [0.15, 0.2) is 24.3 Å². The van der Waals surface area contributed by atoms with Gasteiger partial charge in [-0.2, -0.15) is 0 Å². The summed E-state index contributed by atoms with van der Waals surface area (Å²) in [6, 6.07) is 6.37. The van der Waals surface area contributed by atoms with Crippen molar-refractivity contribution in [3.05, 3.63) is 29.8 Å². The maximum Gasteiger partial charge on any atom is 0.408 e. The maximum atomic E-state index is 12.2. The molecule has 1 rings (SSSR count). The molecule has 0 spiro atoms. The maximum absolute atomic E-state index is 12.2. The predicted molar refractivity (Wildman–Crippen MR) is 82.2 cm³/mol. The zero-order chi connectivity index (χ0) is 17.7. The summed E-state index contributed by atoms with van der Waals surface area (Å²) in [4.78, 5) is 23.4. The van der Waals surface area contributed by atoms with Gasteiger partial charge in [-0.15, -0.1) is 0 Å². The van der Waals surface area contributed by atoms with E-state index in [0.717, 1.165) is 0 Å². The number of amides is 1. The summed E-state index contributed by atoms with van der Waals surface area (Å²) in [6.07, 6.45) is -0.830. The summed E-state index contributed by atoms with van der Waals surface area (Å²) in [6.45, 7) is 5.45. The third-order valence-electron chi connectivity index (χ3n) is 2.93. The molecule has 0 aliphatic rings. The van der Waals surface area contributed by atoms with Gasteiger partial charge in [-0.1, -0.05) is 12.1 Å². The number of halogens is 1. The van der Waals surface area contributed by atoms with E-state index in [0.29, 0.717) is 5.56 Å². The molecular weight excluding hydrogens is 305 g/mol. The van der Waals surface area contributed by atoms with E-state index < -0.39 is 30.1 Å². The molecule has 2 N–H and O–H groups in total. The highest BCUT2D eigenvalue weighted by atomic mass is 19.1. The lowest BCUT2D eigenvalue weighted by atomic mass is 9.93. The third-order valence-corrected chi connectivity index (χ3v) is 2.93. The Balaban J connectivity index is 2.91. The summed E-state index contributed by atoms with van der Waals surface area (Å²) in [5.41, 5.74) is -1.73. The molecule has 128 valence electrons. The molecule has 23 heavy (non-hydrogen) atoms. The summed E-state index contributed by atoms with van der Waals surface area (Å²) in [5, 5.41) is 11.8. The Hall–Kier alpha value is -2.31. The van der Waals surface area contributed by atoms with Crippen molar-refractivity contribution >= 4 is 12.1 Å². The van der Waals surface area contributed by atoms with Gasteiger partial charge < -0.3 is 19.9 Å². The Kier molecular flexibility index (Phi) is 5.95. The fourth-order valence-electron chi connectivity index (χ4n) is 1.92. The van der Waals surface area contributed by atoms with E-state index in [-0.39, 0.29) is 12.2 Å². The summed E-state index contributed by atoms with van der Waals surface area (Å²) < 4.78 is 22.1. The number of aliphatic carboxylic acids is 1. The largest absolute Gasteiger partial charge is 0.480 e. The van der Waals surface area contributed by atoms with Crippen LogP contribution in [0, 0.1) is 0 Å². The van der Waals surface area contributed by atoms with Gasteiger partial charge in [0.15, 0.2) is 0 Å². The van der Waals surface area contributed by atoms with Crippen molar-refractivity contribution in [2.45, 2.75) is 45.3 Å². The fourth-order valence-corrected chi connectivity index (χ4v) is 1.92. The van der Waals surface area contributed by atoms with Crippen molar-refractivity contribution in [1.82, 2.24) is 5.32 Å². The summed E-state index contributed by atoms with van der Waals surface area (Å²) in [5.74, 6) is -0.921. The average molecular weight is 327 g/mol. The number of carbonyl (C=O) groups excluding carboxylic acids is 1. The van der Waals surface area contributed by atoms with Gasteiger partial charge in [-0.05, 0) is 45.4 Å². The van der Waals surface area contributed by atoms with E-state index in [1.54, 1.807) is 39.0 Å². The molecule has 0 aromatic heterocycles. The molecule has 1 aromatic rings. The van der Waals surface area contributed by atoms with Crippen molar-refractivity contribution in [3.8, 4) is 5.75 Å². The van der Waals surface area contributed by atoms with Crippen LogP contribution < -0.4 is 10.1 Å². The SMILES string of the molecule is CC(C)(C)OC(=O)NC(C)(Cc1cccc(OCF)c1)C(=O)O. The lowest BCUT2D eigenvalue weighted by molar-refractivity contribution is -0.144. The van der Waals surface area contributed by atoms with Gasteiger partial charge in [0.1, 0.15) is 16.9 Å². The van der Waals surface area contributed by atoms with Crippen LogP contribution in [-0.4, -0.2) is 35.2 Å². The Labute approximate surface area is 134 Å². The molecule has 6 nitrogen and oxygen atoms in total. The van der Waals surface area contributed by atoms with Gasteiger partial charge in [0.25, 0.3) is 0 Å². The quantitative estimate of drug-likeness (QED) is 0.839. The number of hydrogen-bond donors (Lipinski definition) is 2. The number of carboxylic acids is 1. The minimum absolute atomic E-state index is 0.00887. The molecule has 0 fully saturated rings. The molecule has 1 aromatic carbocycles. The average Bonchev–Trinajstić information content (AvgIpc) is 2.36. The standard InChI is InChI=1S/C16H22FNO5/c1-15(2,3)23-14(21)18-16(4,13(19)20)9-11-6-5-7-12(8-11)22-10-17/h5-8H,9-10H2,1-4H3,(H,18,21)(H,19,20). The van der Waals surface area contributed by atoms with Crippen LogP contribution in [0.25, 0.3) is 0 Å². The first-order valence-electron chi connectivity index (χ1n) is 7.08. The van der Waals surface area contributed by atoms with Crippen LogP contribution in [0.4, 0.5) is 9.18 Å². The molecule has 0 saturated heterocycles. The highest BCUT2D eigenvalue weighted by Crippen LogP contribution is 2.20. The zero-order valence-electron chi connectivity index (χ0n) is 13.7. The van der Waals surface area contributed by atoms with Gasteiger partial charge in [0.05, 0.1) is 0 Å². The third kappa shape index (κ3) is 6.14. The summed E-state index contributed by atoms with van der Waals surface area (Å²) >= 11 is 0. The number of hydrogen-bond acceptors (Lipinski definition) is 4. The van der Waals surface area contributed by atoms with E-state index in [1.165, 1.54) is 13.0 Å². The van der Waals surface area contributed by atoms with E-state index >= 15 is 0 Å². The Morgan fingerprint density at radius 3 is 2.43 bits per heavy atom. The molecule has 1 unspecified atom stereocenters. The lowest BCUT2D eigenvalue weighted by Crippen LogP contribution is -2.54.